The fourth-order valence-corrected chi connectivity index (χ4v) is 1.49. The third-order valence-corrected chi connectivity index (χ3v) is 2.65. The third kappa shape index (κ3) is 2.03. The first kappa shape index (κ1) is 10.2. The normalized spacial score (nSPS) is 15.3. The molecule has 0 saturated carbocycles. The highest BCUT2D eigenvalue weighted by atomic mass is 16.5. The highest BCUT2D eigenvalue weighted by Crippen LogP contribution is 2.23. The van der Waals surface area contributed by atoms with Gasteiger partial charge in [-0.1, -0.05) is 13.8 Å². The molecule has 4 nitrogen and oxygen atoms in total. The lowest BCUT2D eigenvalue weighted by atomic mass is 10.1. The molecule has 0 radical (unpaired) electrons. The molecule has 1 fully saturated rings. The van der Waals surface area contributed by atoms with Crippen LogP contribution in [0.3, 0.4) is 0 Å². The minimum absolute atomic E-state index is 0.405. The summed E-state index contributed by atoms with van der Waals surface area (Å²) in [5.41, 5.74) is 1.05. The van der Waals surface area contributed by atoms with Gasteiger partial charge in [0.05, 0.1) is 12.8 Å². The molecule has 1 saturated heterocycles. The first-order valence-electron chi connectivity index (χ1n) is 5.38. The van der Waals surface area contributed by atoms with E-state index in [4.69, 9.17) is 4.74 Å². The molecule has 2 rings (SSSR count). The van der Waals surface area contributed by atoms with Crippen LogP contribution in [0.1, 0.15) is 31.9 Å². The largest absolute Gasteiger partial charge is 0.481 e. The van der Waals surface area contributed by atoms with Crippen LogP contribution in [0, 0.1) is 0 Å². The molecule has 15 heavy (non-hydrogen) atoms. The van der Waals surface area contributed by atoms with Gasteiger partial charge in [-0.15, -0.1) is 0 Å². The van der Waals surface area contributed by atoms with Crippen LogP contribution in [0.15, 0.2) is 6.07 Å². The lowest BCUT2D eigenvalue weighted by Gasteiger charge is -2.31. The number of anilines is 1. The summed E-state index contributed by atoms with van der Waals surface area (Å²) >= 11 is 0. The molecule has 0 N–H and O–H groups in total. The summed E-state index contributed by atoms with van der Waals surface area (Å²) in [6.45, 7) is 6.37. The van der Waals surface area contributed by atoms with E-state index in [0.29, 0.717) is 11.8 Å². The van der Waals surface area contributed by atoms with Crippen LogP contribution in [0.2, 0.25) is 0 Å². The molecular weight excluding hydrogens is 190 g/mol. The highest BCUT2D eigenvalue weighted by Gasteiger charge is 2.19. The summed E-state index contributed by atoms with van der Waals surface area (Å²) < 4.78 is 5.19. The monoisotopic (exact) mass is 207 g/mol. The van der Waals surface area contributed by atoms with E-state index in [2.05, 4.69) is 28.7 Å². The number of aromatic nitrogens is 2. The van der Waals surface area contributed by atoms with Gasteiger partial charge >= 0.3 is 0 Å². The van der Waals surface area contributed by atoms with Gasteiger partial charge in [-0.05, 0) is 12.3 Å². The van der Waals surface area contributed by atoms with Gasteiger partial charge in [0, 0.05) is 19.2 Å². The van der Waals surface area contributed by atoms with Gasteiger partial charge in [-0.3, -0.25) is 0 Å². The predicted octanol–water partition coefficient (Wildman–Crippen LogP) is 1.82. The van der Waals surface area contributed by atoms with Crippen molar-refractivity contribution in [2.75, 3.05) is 25.1 Å². The molecule has 1 aromatic heterocycles. The Labute approximate surface area is 90.3 Å². The molecular formula is C11H17N3O. The van der Waals surface area contributed by atoms with Crippen LogP contribution in [0.4, 0.5) is 5.95 Å². The molecule has 1 aromatic rings. The number of rotatable bonds is 3. The van der Waals surface area contributed by atoms with Crippen LogP contribution in [0.25, 0.3) is 0 Å². The predicted molar refractivity (Wildman–Crippen MR) is 59.5 cm³/mol. The maximum Gasteiger partial charge on any atom is 0.228 e. The maximum atomic E-state index is 5.19. The standard InChI is InChI=1S/C11H17N3O/c1-8(2)9-7-10(15-3)13-11(12-9)14-5-4-6-14/h7-8H,4-6H2,1-3H3. The van der Waals surface area contributed by atoms with E-state index >= 15 is 0 Å². The summed E-state index contributed by atoms with van der Waals surface area (Å²) in [5, 5.41) is 0. The third-order valence-electron chi connectivity index (χ3n) is 2.65. The SMILES string of the molecule is COc1cc(C(C)C)nc(N2CCC2)n1. The number of hydrogen-bond acceptors (Lipinski definition) is 4. The highest BCUT2D eigenvalue weighted by molar-refractivity contribution is 5.37. The molecule has 0 aliphatic carbocycles. The topological polar surface area (TPSA) is 38.2 Å². The van der Waals surface area contributed by atoms with E-state index in [1.165, 1.54) is 6.42 Å². The first-order valence-corrected chi connectivity index (χ1v) is 5.38. The van der Waals surface area contributed by atoms with E-state index in [1.807, 2.05) is 6.07 Å². The molecule has 0 amide bonds. The van der Waals surface area contributed by atoms with Gasteiger partial charge in [0.25, 0.3) is 0 Å². The minimum atomic E-state index is 0.405. The minimum Gasteiger partial charge on any atom is -0.481 e. The van der Waals surface area contributed by atoms with Crippen molar-refractivity contribution in [1.82, 2.24) is 9.97 Å². The molecule has 1 aliphatic heterocycles. The summed E-state index contributed by atoms with van der Waals surface area (Å²) in [6, 6.07) is 1.91. The Hall–Kier alpha value is -1.32. The van der Waals surface area contributed by atoms with E-state index < -0.39 is 0 Å². The summed E-state index contributed by atoms with van der Waals surface area (Å²) in [7, 11) is 1.65. The second-order valence-electron chi connectivity index (χ2n) is 4.13. The Morgan fingerprint density at radius 3 is 2.53 bits per heavy atom. The molecule has 1 aliphatic rings. The van der Waals surface area contributed by atoms with Crippen molar-refractivity contribution in [3.8, 4) is 5.88 Å². The van der Waals surface area contributed by atoms with Crippen LogP contribution in [-0.2, 0) is 0 Å². The number of ether oxygens (including phenoxy) is 1. The van der Waals surface area contributed by atoms with Crippen LogP contribution < -0.4 is 9.64 Å². The first-order chi connectivity index (χ1) is 7.20. The summed E-state index contributed by atoms with van der Waals surface area (Å²) in [5.74, 6) is 1.88. The molecule has 0 unspecified atom stereocenters. The van der Waals surface area contributed by atoms with E-state index in [9.17, 15) is 0 Å². The zero-order chi connectivity index (χ0) is 10.8. The van der Waals surface area contributed by atoms with Crippen molar-refractivity contribution in [2.24, 2.45) is 0 Å². The van der Waals surface area contributed by atoms with Crippen LogP contribution >= 0.6 is 0 Å². The Morgan fingerprint density at radius 2 is 2.07 bits per heavy atom. The average molecular weight is 207 g/mol. The van der Waals surface area contributed by atoms with Gasteiger partial charge in [0.2, 0.25) is 11.8 Å². The lowest BCUT2D eigenvalue weighted by Crippen LogP contribution is -2.38. The Balaban J connectivity index is 2.32. The molecule has 4 heteroatoms. The molecule has 2 heterocycles. The Kier molecular flexibility index (Phi) is 2.75. The summed E-state index contributed by atoms with van der Waals surface area (Å²) in [4.78, 5) is 11.1. The molecule has 0 spiro atoms. The van der Waals surface area contributed by atoms with Gasteiger partial charge in [0.1, 0.15) is 0 Å². The second-order valence-corrected chi connectivity index (χ2v) is 4.13. The van der Waals surface area contributed by atoms with Crippen LogP contribution in [-0.4, -0.2) is 30.2 Å². The van der Waals surface area contributed by atoms with Gasteiger partial charge in [0.15, 0.2) is 0 Å². The van der Waals surface area contributed by atoms with Gasteiger partial charge in [-0.2, -0.15) is 4.98 Å². The molecule has 0 aromatic carbocycles. The van der Waals surface area contributed by atoms with E-state index in [0.717, 1.165) is 24.7 Å². The summed E-state index contributed by atoms with van der Waals surface area (Å²) in [6.07, 6.45) is 1.23. The van der Waals surface area contributed by atoms with E-state index in [1.54, 1.807) is 7.11 Å². The maximum absolute atomic E-state index is 5.19. The zero-order valence-electron chi connectivity index (χ0n) is 9.53. The fourth-order valence-electron chi connectivity index (χ4n) is 1.49. The van der Waals surface area contributed by atoms with Crippen LogP contribution in [0.5, 0.6) is 5.88 Å². The smallest absolute Gasteiger partial charge is 0.228 e. The fraction of sp³-hybridized carbons (Fsp3) is 0.636. The van der Waals surface area contributed by atoms with Crippen molar-refractivity contribution in [3.63, 3.8) is 0 Å². The van der Waals surface area contributed by atoms with Crippen molar-refractivity contribution in [1.29, 1.82) is 0 Å². The number of methoxy groups -OCH3 is 1. The molecule has 0 atom stereocenters. The molecule has 82 valence electrons. The van der Waals surface area contributed by atoms with Crippen molar-refractivity contribution < 1.29 is 4.74 Å². The zero-order valence-corrected chi connectivity index (χ0v) is 9.53. The number of nitrogens with zero attached hydrogens (tertiary/aromatic N) is 3. The van der Waals surface area contributed by atoms with Gasteiger partial charge < -0.3 is 9.64 Å². The average Bonchev–Trinajstić information content (AvgIpc) is 2.14. The Morgan fingerprint density at radius 1 is 1.33 bits per heavy atom. The van der Waals surface area contributed by atoms with E-state index in [-0.39, 0.29) is 0 Å². The quantitative estimate of drug-likeness (QED) is 0.757. The lowest BCUT2D eigenvalue weighted by molar-refractivity contribution is 0.394. The molecule has 0 bridgehead atoms. The second kappa shape index (κ2) is 4.04. The van der Waals surface area contributed by atoms with Crippen molar-refractivity contribution in [3.05, 3.63) is 11.8 Å². The van der Waals surface area contributed by atoms with Gasteiger partial charge in [-0.25, -0.2) is 4.98 Å². The van der Waals surface area contributed by atoms with Crippen molar-refractivity contribution >= 4 is 5.95 Å². The Bertz CT molecular complexity index is 348. The van der Waals surface area contributed by atoms with Crippen molar-refractivity contribution in [2.45, 2.75) is 26.2 Å². The number of hydrogen-bond donors (Lipinski definition) is 0.